The summed E-state index contributed by atoms with van der Waals surface area (Å²) < 4.78 is 0. The molecule has 3 heteroatoms. The number of benzene rings is 1. The Labute approximate surface area is 128 Å². The van der Waals surface area contributed by atoms with Gasteiger partial charge >= 0.3 is 0 Å². The maximum Gasteiger partial charge on any atom is 0.0626 e. The second-order valence-electron chi connectivity index (χ2n) is 5.40. The fourth-order valence-corrected chi connectivity index (χ4v) is 4.08. The first kappa shape index (κ1) is 14.4. The second-order valence-corrected chi connectivity index (χ2v) is 7.04. The summed E-state index contributed by atoms with van der Waals surface area (Å²) in [5.74, 6) is 0. The second kappa shape index (κ2) is 7.49. The van der Waals surface area contributed by atoms with Crippen molar-refractivity contribution in [3.63, 3.8) is 0 Å². The normalized spacial score (nSPS) is 21.0. The van der Waals surface area contributed by atoms with E-state index in [1.54, 1.807) is 0 Å². The number of pyridine rings is 1. The van der Waals surface area contributed by atoms with Crippen molar-refractivity contribution in [2.75, 3.05) is 19.3 Å². The molecule has 2 atom stereocenters. The lowest BCUT2D eigenvalue weighted by atomic mass is 10.2. The first-order valence-corrected chi connectivity index (χ1v) is 8.77. The fourth-order valence-electron chi connectivity index (χ4n) is 2.65. The maximum atomic E-state index is 4.35. The zero-order valence-electron chi connectivity index (χ0n) is 12.2. The molecule has 3 rings (SSSR count). The van der Waals surface area contributed by atoms with Gasteiger partial charge in [-0.1, -0.05) is 42.5 Å². The molecule has 2 aromatic rings. The van der Waals surface area contributed by atoms with Crippen LogP contribution in [0.1, 0.15) is 11.3 Å². The molecule has 1 aliphatic heterocycles. The molecular weight excluding hydrogens is 275 g/mol. The van der Waals surface area contributed by atoms with Crippen molar-refractivity contribution in [3.05, 3.63) is 72.1 Å². The van der Waals surface area contributed by atoms with E-state index in [4.69, 9.17) is 0 Å². The van der Waals surface area contributed by atoms with E-state index in [-0.39, 0.29) is 0 Å². The molecule has 1 aliphatic rings. The predicted molar refractivity (Wildman–Crippen MR) is 92.0 cm³/mol. The molecule has 0 saturated carbocycles. The summed E-state index contributed by atoms with van der Waals surface area (Å²) in [5.41, 5.74) is 3.14. The molecular formula is C18H21N2P. The van der Waals surface area contributed by atoms with Gasteiger partial charge in [0.15, 0.2) is 0 Å². The van der Waals surface area contributed by atoms with E-state index in [9.17, 15) is 0 Å². The van der Waals surface area contributed by atoms with E-state index >= 15 is 0 Å². The summed E-state index contributed by atoms with van der Waals surface area (Å²) in [4.78, 5) is 6.92. The van der Waals surface area contributed by atoms with Gasteiger partial charge in [0, 0.05) is 31.5 Å². The van der Waals surface area contributed by atoms with Gasteiger partial charge in [-0.3, -0.25) is 9.88 Å². The number of aromatic nitrogens is 1. The van der Waals surface area contributed by atoms with Crippen LogP contribution in [0.2, 0.25) is 0 Å². The average molecular weight is 296 g/mol. The molecule has 1 saturated heterocycles. The third-order valence-corrected chi connectivity index (χ3v) is 5.14. The van der Waals surface area contributed by atoms with Crippen LogP contribution in [0, 0.1) is 0 Å². The van der Waals surface area contributed by atoms with Crippen molar-refractivity contribution in [2.24, 2.45) is 0 Å². The first-order valence-electron chi connectivity index (χ1n) is 7.49. The van der Waals surface area contributed by atoms with E-state index in [2.05, 4.69) is 58.4 Å². The third-order valence-electron chi connectivity index (χ3n) is 3.73. The Morgan fingerprint density at radius 3 is 2.81 bits per heavy atom. The van der Waals surface area contributed by atoms with Gasteiger partial charge in [0.25, 0.3) is 0 Å². The van der Waals surface area contributed by atoms with Crippen LogP contribution >= 0.6 is 8.58 Å². The van der Waals surface area contributed by atoms with Crippen molar-refractivity contribution >= 4 is 14.7 Å². The smallest absolute Gasteiger partial charge is 0.0626 e. The molecule has 2 nitrogen and oxygen atoms in total. The van der Waals surface area contributed by atoms with Gasteiger partial charge in [-0.15, -0.1) is 8.58 Å². The van der Waals surface area contributed by atoms with E-state index < -0.39 is 0 Å². The van der Waals surface area contributed by atoms with Crippen LogP contribution in [0.4, 0.5) is 0 Å². The molecule has 0 aliphatic carbocycles. The van der Waals surface area contributed by atoms with Gasteiger partial charge in [0.05, 0.1) is 5.69 Å². The molecule has 0 bridgehead atoms. The molecule has 1 aromatic carbocycles. The monoisotopic (exact) mass is 296 g/mol. The highest BCUT2D eigenvalue weighted by Gasteiger charge is 2.17. The highest BCUT2D eigenvalue weighted by atomic mass is 31.1. The van der Waals surface area contributed by atoms with Crippen molar-refractivity contribution in [2.45, 2.75) is 12.2 Å². The molecule has 21 heavy (non-hydrogen) atoms. The van der Waals surface area contributed by atoms with Crippen LogP contribution in [0.15, 0.2) is 60.8 Å². The topological polar surface area (TPSA) is 16.1 Å². The molecule has 1 unspecified atom stereocenters. The summed E-state index contributed by atoms with van der Waals surface area (Å²) in [6, 6.07) is 16.8. The largest absolute Gasteiger partial charge is 0.298 e. The molecule has 0 spiro atoms. The molecule has 0 N–H and O–H groups in total. The van der Waals surface area contributed by atoms with Crippen molar-refractivity contribution in [1.82, 2.24) is 9.88 Å². The van der Waals surface area contributed by atoms with Crippen molar-refractivity contribution in [1.29, 1.82) is 0 Å². The Hall–Kier alpha value is -1.50. The van der Waals surface area contributed by atoms with E-state index in [0.717, 1.165) is 27.4 Å². The van der Waals surface area contributed by atoms with Gasteiger partial charge in [-0.2, -0.15) is 0 Å². The van der Waals surface area contributed by atoms with Gasteiger partial charge in [-0.05, 0) is 29.9 Å². The quantitative estimate of drug-likeness (QED) is 0.801. The minimum Gasteiger partial charge on any atom is -0.298 e. The van der Waals surface area contributed by atoms with Crippen LogP contribution in [0.25, 0.3) is 6.08 Å². The minimum absolute atomic E-state index is 0.671. The van der Waals surface area contributed by atoms with Gasteiger partial charge in [0.2, 0.25) is 0 Å². The lowest BCUT2D eigenvalue weighted by molar-refractivity contribution is 0.282. The number of nitrogens with zero attached hydrogens (tertiary/aromatic N) is 2. The molecule has 0 radical (unpaired) electrons. The molecule has 2 heterocycles. The Bertz CT molecular complexity index is 568. The zero-order chi connectivity index (χ0) is 14.3. The summed E-state index contributed by atoms with van der Waals surface area (Å²) >= 11 is 0. The molecule has 0 amide bonds. The van der Waals surface area contributed by atoms with Crippen LogP contribution in [-0.2, 0) is 6.54 Å². The summed E-state index contributed by atoms with van der Waals surface area (Å²) in [6.07, 6.45) is 7.68. The Morgan fingerprint density at radius 2 is 2.00 bits per heavy atom. The van der Waals surface area contributed by atoms with Crippen LogP contribution in [0.5, 0.6) is 0 Å². The fraction of sp³-hybridized carbons (Fsp3) is 0.278. The van der Waals surface area contributed by atoms with Gasteiger partial charge in [0.1, 0.15) is 0 Å². The third kappa shape index (κ3) is 4.49. The summed E-state index contributed by atoms with van der Waals surface area (Å²) in [7, 11) is 1.03. The van der Waals surface area contributed by atoms with E-state index in [1.165, 1.54) is 18.3 Å². The van der Waals surface area contributed by atoms with Gasteiger partial charge in [-0.25, -0.2) is 0 Å². The Morgan fingerprint density at radius 1 is 1.14 bits per heavy atom. The maximum absolute atomic E-state index is 4.35. The SMILES string of the molecule is C(=C\[C@@H]1CN(Cc2ccccc2)CCP1)/c1ccccn1. The summed E-state index contributed by atoms with van der Waals surface area (Å²) in [5, 5.41) is 0. The van der Waals surface area contributed by atoms with Crippen LogP contribution in [0.3, 0.4) is 0 Å². The standard InChI is InChI=1S/C18H21N2P/c1-2-6-16(7-3-1)14-20-12-13-21-18(15-20)10-9-17-8-4-5-11-19-17/h1-11,18,21H,12-15H2/b10-9+/t18-/m1/s1. The number of rotatable bonds is 4. The zero-order valence-corrected chi connectivity index (χ0v) is 13.2. The average Bonchev–Trinajstić information content (AvgIpc) is 2.55. The van der Waals surface area contributed by atoms with E-state index in [0.29, 0.717) is 5.66 Å². The minimum atomic E-state index is 0.671. The van der Waals surface area contributed by atoms with Crippen molar-refractivity contribution in [3.8, 4) is 0 Å². The van der Waals surface area contributed by atoms with Crippen LogP contribution in [-0.4, -0.2) is 34.8 Å². The Kier molecular flexibility index (Phi) is 5.15. The lowest BCUT2D eigenvalue weighted by Crippen LogP contribution is -2.35. The first-order chi connectivity index (χ1) is 10.4. The molecule has 1 fully saturated rings. The number of hydrogen-bond donors (Lipinski definition) is 0. The molecule has 1 aromatic heterocycles. The summed E-state index contributed by atoms with van der Waals surface area (Å²) in [6.45, 7) is 3.46. The van der Waals surface area contributed by atoms with Gasteiger partial charge < -0.3 is 0 Å². The highest BCUT2D eigenvalue weighted by Crippen LogP contribution is 2.27. The van der Waals surface area contributed by atoms with Crippen molar-refractivity contribution < 1.29 is 0 Å². The van der Waals surface area contributed by atoms with E-state index in [1.807, 2.05) is 18.3 Å². The molecule has 108 valence electrons. The predicted octanol–water partition coefficient (Wildman–Crippen LogP) is 3.66. The highest BCUT2D eigenvalue weighted by molar-refractivity contribution is 7.39. The van der Waals surface area contributed by atoms with Crippen LogP contribution < -0.4 is 0 Å². The number of hydrogen-bond acceptors (Lipinski definition) is 2. The lowest BCUT2D eigenvalue weighted by Gasteiger charge is -2.31. The Balaban J connectivity index is 1.57.